The van der Waals surface area contributed by atoms with Crippen LogP contribution in [0.1, 0.15) is 12.4 Å². The molecule has 1 atom stereocenters. The minimum Gasteiger partial charge on any atom is -0.369 e. The molecular formula is C7H8ClN5O. The minimum atomic E-state index is -0.539. The summed E-state index contributed by atoms with van der Waals surface area (Å²) in [5.74, 6) is 0.0668. The molecule has 74 valence electrons. The normalized spacial score (nSPS) is 13.3. The molecule has 2 aromatic heterocycles. The first kappa shape index (κ1) is 9.01. The fourth-order valence-electron chi connectivity index (χ4n) is 1.26. The third kappa shape index (κ3) is 1.15. The molecule has 0 fully saturated rings. The molecule has 7 heteroatoms. The Kier molecular flexibility index (Phi) is 1.92. The van der Waals surface area contributed by atoms with Crippen LogP contribution in [0.25, 0.3) is 11.2 Å². The van der Waals surface area contributed by atoms with E-state index in [0.29, 0.717) is 11.2 Å². The number of nitrogens with one attached hydrogen (secondary N) is 1. The lowest BCUT2D eigenvalue weighted by molar-refractivity contribution is 0.700. The fraction of sp³-hybridized carbons (Fsp3) is 0.286. The van der Waals surface area contributed by atoms with Crippen molar-refractivity contribution in [2.75, 3.05) is 5.73 Å². The Morgan fingerprint density at radius 3 is 3.07 bits per heavy atom. The molecule has 3 N–H and O–H groups in total. The lowest BCUT2D eigenvalue weighted by Crippen LogP contribution is -2.25. The zero-order chi connectivity index (χ0) is 10.3. The monoisotopic (exact) mass is 213 g/mol. The number of nitrogens with two attached hydrogens (primary N) is 1. The van der Waals surface area contributed by atoms with E-state index in [1.54, 1.807) is 6.92 Å². The molecule has 0 saturated heterocycles. The molecule has 2 heterocycles. The standard InChI is InChI=1S/C7H8ClN5O/c1-3(8)13-6(14)4-5(11-2-10-4)12-7(13)9/h2-3H,1H3,(H2,9,12)(H,10,11). The van der Waals surface area contributed by atoms with Gasteiger partial charge in [0, 0.05) is 0 Å². The Morgan fingerprint density at radius 2 is 2.43 bits per heavy atom. The Hall–Kier alpha value is -1.56. The average molecular weight is 214 g/mol. The van der Waals surface area contributed by atoms with Crippen molar-refractivity contribution in [2.24, 2.45) is 0 Å². The molecule has 0 aromatic carbocycles. The SMILES string of the molecule is CC(Cl)n1c(N)nc2nc[nH]c2c1=O. The summed E-state index contributed by atoms with van der Waals surface area (Å²) >= 11 is 5.79. The van der Waals surface area contributed by atoms with E-state index in [9.17, 15) is 4.79 Å². The number of aromatic amines is 1. The smallest absolute Gasteiger partial charge is 0.282 e. The number of aromatic nitrogens is 4. The summed E-state index contributed by atoms with van der Waals surface area (Å²) in [6.07, 6.45) is 1.39. The highest BCUT2D eigenvalue weighted by Gasteiger charge is 2.13. The molecule has 0 amide bonds. The maximum Gasteiger partial charge on any atom is 0.282 e. The average Bonchev–Trinajstić information content (AvgIpc) is 2.50. The zero-order valence-corrected chi connectivity index (χ0v) is 8.12. The van der Waals surface area contributed by atoms with Gasteiger partial charge in [0.25, 0.3) is 5.56 Å². The van der Waals surface area contributed by atoms with Crippen molar-refractivity contribution >= 4 is 28.7 Å². The van der Waals surface area contributed by atoms with Gasteiger partial charge in [0.1, 0.15) is 5.50 Å². The van der Waals surface area contributed by atoms with Gasteiger partial charge in [0.05, 0.1) is 6.33 Å². The van der Waals surface area contributed by atoms with Crippen LogP contribution in [0.2, 0.25) is 0 Å². The van der Waals surface area contributed by atoms with Gasteiger partial charge in [-0.2, -0.15) is 4.98 Å². The largest absolute Gasteiger partial charge is 0.369 e. The van der Waals surface area contributed by atoms with E-state index in [4.69, 9.17) is 17.3 Å². The third-order valence-corrected chi connectivity index (χ3v) is 2.07. The number of imidazole rings is 1. The minimum absolute atomic E-state index is 0.0668. The first-order valence-corrected chi connectivity index (χ1v) is 4.40. The second-order valence-corrected chi connectivity index (χ2v) is 3.45. The van der Waals surface area contributed by atoms with E-state index >= 15 is 0 Å². The highest BCUT2D eigenvalue weighted by atomic mass is 35.5. The van der Waals surface area contributed by atoms with Gasteiger partial charge < -0.3 is 10.7 Å². The number of hydrogen-bond acceptors (Lipinski definition) is 4. The number of fused-ring (bicyclic) bond motifs is 1. The summed E-state index contributed by atoms with van der Waals surface area (Å²) in [5.41, 5.74) is 5.33. The van der Waals surface area contributed by atoms with Crippen molar-refractivity contribution in [3.8, 4) is 0 Å². The molecule has 0 bridgehead atoms. The van der Waals surface area contributed by atoms with Crippen LogP contribution in [0.4, 0.5) is 5.95 Å². The van der Waals surface area contributed by atoms with Gasteiger partial charge in [-0.05, 0) is 6.92 Å². The maximum atomic E-state index is 11.7. The second-order valence-electron chi connectivity index (χ2n) is 2.82. The molecular weight excluding hydrogens is 206 g/mol. The Balaban J connectivity index is 2.90. The van der Waals surface area contributed by atoms with Crippen molar-refractivity contribution in [1.82, 2.24) is 19.5 Å². The van der Waals surface area contributed by atoms with Gasteiger partial charge in [-0.15, -0.1) is 0 Å². The van der Waals surface area contributed by atoms with E-state index in [1.807, 2.05) is 0 Å². The summed E-state index contributed by atoms with van der Waals surface area (Å²) in [4.78, 5) is 22.2. The lowest BCUT2D eigenvalue weighted by atomic mass is 10.5. The number of alkyl halides is 1. The topological polar surface area (TPSA) is 89.6 Å². The van der Waals surface area contributed by atoms with Crippen molar-refractivity contribution in [2.45, 2.75) is 12.4 Å². The van der Waals surface area contributed by atoms with E-state index in [-0.39, 0.29) is 11.5 Å². The highest BCUT2D eigenvalue weighted by molar-refractivity contribution is 6.18. The van der Waals surface area contributed by atoms with Crippen LogP contribution in [0.15, 0.2) is 11.1 Å². The zero-order valence-electron chi connectivity index (χ0n) is 7.36. The number of nitrogens with zero attached hydrogens (tertiary/aromatic N) is 3. The van der Waals surface area contributed by atoms with Crippen LogP contribution in [-0.2, 0) is 0 Å². The van der Waals surface area contributed by atoms with Crippen LogP contribution < -0.4 is 11.3 Å². The molecule has 2 aromatic rings. The van der Waals surface area contributed by atoms with Gasteiger partial charge in [0.15, 0.2) is 11.2 Å². The molecule has 0 aliphatic heterocycles. The van der Waals surface area contributed by atoms with Gasteiger partial charge in [-0.1, -0.05) is 11.6 Å². The summed E-state index contributed by atoms with van der Waals surface area (Å²) in [5, 5.41) is 0. The van der Waals surface area contributed by atoms with Gasteiger partial charge in [-0.3, -0.25) is 9.36 Å². The number of rotatable bonds is 1. The van der Waals surface area contributed by atoms with E-state index in [2.05, 4.69) is 15.0 Å². The third-order valence-electron chi connectivity index (χ3n) is 1.88. The molecule has 6 nitrogen and oxygen atoms in total. The summed E-state index contributed by atoms with van der Waals surface area (Å²) in [6.45, 7) is 1.64. The molecule has 0 radical (unpaired) electrons. The van der Waals surface area contributed by atoms with E-state index < -0.39 is 5.50 Å². The lowest BCUT2D eigenvalue weighted by Gasteiger charge is -2.09. The van der Waals surface area contributed by atoms with E-state index in [0.717, 1.165) is 0 Å². The van der Waals surface area contributed by atoms with Crippen molar-refractivity contribution in [1.29, 1.82) is 0 Å². The predicted molar refractivity (Wildman–Crippen MR) is 53.1 cm³/mol. The first-order valence-electron chi connectivity index (χ1n) is 3.96. The summed E-state index contributed by atoms with van der Waals surface area (Å²) in [7, 11) is 0. The molecule has 0 saturated carbocycles. The summed E-state index contributed by atoms with van der Waals surface area (Å²) < 4.78 is 1.20. The molecule has 2 rings (SSSR count). The van der Waals surface area contributed by atoms with Crippen molar-refractivity contribution in [3.05, 3.63) is 16.7 Å². The molecule has 14 heavy (non-hydrogen) atoms. The number of hydrogen-bond donors (Lipinski definition) is 2. The van der Waals surface area contributed by atoms with Gasteiger partial charge in [-0.25, -0.2) is 4.98 Å². The van der Waals surface area contributed by atoms with E-state index in [1.165, 1.54) is 10.9 Å². The molecule has 1 unspecified atom stereocenters. The highest BCUT2D eigenvalue weighted by Crippen LogP contribution is 2.13. The fourth-order valence-corrected chi connectivity index (χ4v) is 1.45. The van der Waals surface area contributed by atoms with Gasteiger partial charge >= 0.3 is 0 Å². The van der Waals surface area contributed by atoms with Crippen molar-refractivity contribution in [3.63, 3.8) is 0 Å². The predicted octanol–water partition coefficient (Wildman–Crippen LogP) is 0.459. The van der Waals surface area contributed by atoms with Crippen LogP contribution in [0.5, 0.6) is 0 Å². The number of anilines is 1. The van der Waals surface area contributed by atoms with Crippen LogP contribution in [0, 0.1) is 0 Å². The van der Waals surface area contributed by atoms with Crippen LogP contribution >= 0.6 is 11.6 Å². The van der Waals surface area contributed by atoms with Gasteiger partial charge in [0.2, 0.25) is 5.95 Å². The molecule has 0 aliphatic rings. The second kappa shape index (κ2) is 2.98. The number of H-pyrrole nitrogens is 1. The summed E-state index contributed by atoms with van der Waals surface area (Å²) in [6, 6.07) is 0. The van der Waals surface area contributed by atoms with Crippen molar-refractivity contribution < 1.29 is 0 Å². The quantitative estimate of drug-likeness (QED) is 0.674. The van der Waals surface area contributed by atoms with Crippen LogP contribution in [-0.4, -0.2) is 19.5 Å². The Labute approximate surface area is 83.7 Å². The Bertz CT molecular complexity index is 528. The number of nitrogen functional groups attached to an aromatic ring is 1. The Morgan fingerprint density at radius 1 is 1.71 bits per heavy atom. The first-order chi connectivity index (χ1) is 6.61. The molecule has 0 aliphatic carbocycles. The maximum absolute atomic E-state index is 11.7. The number of halogens is 1. The van der Waals surface area contributed by atoms with Crippen LogP contribution in [0.3, 0.4) is 0 Å². The molecule has 0 spiro atoms.